The van der Waals surface area contributed by atoms with Gasteiger partial charge in [-0.05, 0) is 20.8 Å². The molecule has 0 fully saturated rings. The fourth-order valence-electron chi connectivity index (χ4n) is 1.11. The third-order valence-corrected chi connectivity index (χ3v) is 2.89. The summed E-state index contributed by atoms with van der Waals surface area (Å²) in [5.74, 6) is 0. The van der Waals surface area contributed by atoms with E-state index in [1.807, 2.05) is 5.38 Å². The first-order chi connectivity index (χ1) is 6.19. The zero-order chi connectivity index (χ0) is 9.84. The van der Waals surface area contributed by atoms with Gasteiger partial charge in [-0.25, -0.2) is 4.98 Å². The number of aliphatic hydroxyl groups is 1. The number of rotatable bonds is 4. The molecule has 1 atom stereocenters. The highest BCUT2D eigenvalue weighted by Gasteiger charge is 2.10. The van der Waals surface area contributed by atoms with Gasteiger partial charge in [0.25, 0.3) is 0 Å². The summed E-state index contributed by atoms with van der Waals surface area (Å²) in [5.41, 5.74) is 0.770. The normalized spacial score (nSPS) is 12.9. The van der Waals surface area contributed by atoms with Crippen LogP contribution in [0.15, 0.2) is 5.38 Å². The van der Waals surface area contributed by atoms with E-state index in [2.05, 4.69) is 23.7 Å². The van der Waals surface area contributed by atoms with Gasteiger partial charge in [0.05, 0.1) is 11.8 Å². The Morgan fingerprint density at radius 2 is 2.15 bits per heavy atom. The van der Waals surface area contributed by atoms with Gasteiger partial charge in [0.2, 0.25) is 0 Å². The molecule has 0 spiro atoms. The molecular formula is C9H16N2OS. The van der Waals surface area contributed by atoms with Gasteiger partial charge in [0, 0.05) is 18.5 Å². The zero-order valence-corrected chi connectivity index (χ0v) is 9.14. The topological polar surface area (TPSA) is 36.4 Å². The van der Waals surface area contributed by atoms with Gasteiger partial charge in [-0.15, -0.1) is 11.3 Å². The standard InChI is InChI=1S/C9H16N2OS/c1-4-11(5-2)9-10-8(6-13-9)7(3)12/h6-7,12H,4-5H2,1-3H3. The van der Waals surface area contributed by atoms with Gasteiger partial charge in [-0.3, -0.25) is 0 Å². The van der Waals surface area contributed by atoms with Crippen LogP contribution in [0.25, 0.3) is 0 Å². The Morgan fingerprint density at radius 3 is 2.54 bits per heavy atom. The molecule has 0 saturated carbocycles. The molecule has 1 aromatic rings. The lowest BCUT2D eigenvalue weighted by Crippen LogP contribution is -2.21. The second-order valence-corrected chi connectivity index (χ2v) is 3.74. The maximum absolute atomic E-state index is 9.29. The Balaban J connectivity index is 2.78. The van der Waals surface area contributed by atoms with Crippen molar-refractivity contribution in [1.82, 2.24) is 4.98 Å². The highest BCUT2D eigenvalue weighted by atomic mass is 32.1. The van der Waals surface area contributed by atoms with Crippen LogP contribution in [-0.2, 0) is 0 Å². The van der Waals surface area contributed by atoms with E-state index in [9.17, 15) is 5.11 Å². The molecule has 0 amide bonds. The van der Waals surface area contributed by atoms with Crippen LogP contribution in [0.3, 0.4) is 0 Å². The van der Waals surface area contributed by atoms with E-state index in [-0.39, 0.29) is 0 Å². The van der Waals surface area contributed by atoms with E-state index in [1.165, 1.54) is 0 Å². The molecule has 74 valence electrons. The quantitative estimate of drug-likeness (QED) is 0.808. The number of nitrogens with zero attached hydrogens (tertiary/aromatic N) is 2. The smallest absolute Gasteiger partial charge is 0.185 e. The minimum absolute atomic E-state index is 0.458. The van der Waals surface area contributed by atoms with Gasteiger partial charge in [-0.1, -0.05) is 0 Å². The van der Waals surface area contributed by atoms with Crippen molar-refractivity contribution in [3.05, 3.63) is 11.1 Å². The maximum atomic E-state index is 9.29. The van der Waals surface area contributed by atoms with Gasteiger partial charge >= 0.3 is 0 Å². The van der Waals surface area contributed by atoms with Gasteiger partial charge in [0.1, 0.15) is 0 Å². The van der Waals surface area contributed by atoms with E-state index >= 15 is 0 Å². The SMILES string of the molecule is CCN(CC)c1nc(C(C)O)cs1. The summed E-state index contributed by atoms with van der Waals surface area (Å²) in [6, 6.07) is 0. The molecule has 0 bridgehead atoms. The molecule has 3 nitrogen and oxygen atoms in total. The van der Waals surface area contributed by atoms with Crippen LogP contribution in [0.5, 0.6) is 0 Å². The van der Waals surface area contributed by atoms with E-state index in [1.54, 1.807) is 18.3 Å². The van der Waals surface area contributed by atoms with Crippen molar-refractivity contribution in [3.8, 4) is 0 Å². The Morgan fingerprint density at radius 1 is 1.54 bits per heavy atom. The molecule has 0 radical (unpaired) electrons. The molecule has 0 aliphatic carbocycles. The van der Waals surface area contributed by atoms with Crippen molar-refractivity contribution >= 4 is 16.5 Å². The lowest BCUT2D eigenvalue weighted by atomic mass is 10.3. The molecular weight excluding hydrogens is 184 g/mol. The van der Waals surface area contributed by atoms with Crippen LogP contribution in [0.4, 0.5) is 5.13 Å². The van der Waals surface area contributed by atoms with Gasteiger partial charge in [-0.2, -0.15) is 0 Å². The predicted octanol–water partition coefficient (Wildman–Crippen LogP) is 2.04. The Labute approximate surface area is 83.0 Å². The third-order valence-electron chi connectivity index (χ3n) is 1.97. The molecule has 0 aliphatic heterocycles. The predicted molar refractivity (Wildman–Crippen MR) is 56.3 cm³/mol. The van der Waals surface area contributed by atoms with Crippen molar-refractivity contribution in [1.29, 1.82) is 0 Å². The molecule has 1 heterocycles. The van der Waals surface area contributed by atoms with Crippen molar-refractivity contribution < 1.29 is 5.11 Å². The van der Waals surface area contributed by atoms with Crippen LogP contribution in [0.1, 0.15) is 32.6 Å². The average molecular weight is 200 g/mol. The first-order valence-corrected chi connectivity index (χ1v) is 5.45. The molecule has 13 heavy (non-hydrogen) atoms. The molecule has 1 rings (SSSR count). The second-order valence-electron chi connectivity index (χ2n) is 2.90. The lowest BCUT2D eigenvalue weighted by Gasteiger charge is -2.16. The Hall–Kier alpha value is -0.610. The highest BCUT2D eigenvalue weighted by molar-refractivity contribution is 7.13. The largest absolute Gasteiger partial charge is 0.387 e. The summed E-state index contributed by atoms with van der Waals surface area (Å²) in [6.07, 6.45) is -0.458. The molecule has 1 unspecified atom stereocenters. The van der Waals surface area contributed by atoms with Gasteiger partial charge in [0.15, 0.2) is 5.13 Å². The number of thiazole rings is 1. The number of aromatic nitrogens is 1. The van der Waals surface area contributed by atoms with Crippen LogP contribution in [0, 0.1) is 0 Å². The summed E-state index contributed by atoms with van der Waals surface area (Å²) in [5, 5.41) is 12.2. The maximum Gasteiger partial charge on any atom is 0.185 e. The van der Waals surface area contributed by atoms with Gasteiger partial charge < -0.3 is 10.0 Å². The highest BCUT2D eigenvalue weighted by Crippen LogP contribution is 2.23. The monoisotopic (exact) mass is 200 g/mol. The summed E-state index contributed by atoms with van der Waals surface area (Å²) in [6.45, 7) is 7.87. The molecule has 0 aromatic carbocycles. The van der Waals surface area contributed by atoms with Crippen LogP contribution < -0.4 is 4.90 Å². The molecule has 0 saturated heterocycles. The Kier molecular flexibility index (Phi) is 3.69. The van der Waals surface area contributed by atoms with Crippen molar-refractivity contribution in [2.24, 2.45) is 0 Å². The first-order valence-electron chi connectivity index (χ1n) is 4.57. The summed E-state index contributed by atoms with van der Waals surface area (Å²) in [4.78, 5) is 6.52. The Bertz CT molecular complexity index is 256. The lowest BCUT2D eigenvalue weighted by molar-refractivity contribution is 0.195. The number of anilines is 1. The third kappa shape index (κ3) is 2.42. The number of aliphatic hydroxyl groups excluding tert-OH is 1. The van der Waals surface area contributed by atoms with Crippen LogP contribution in [-0.4, -0.2) is 23.2 Å². The molecule has 0 aliphatic rings. The average Bonchev–Trinajstić information content (AvgIpc) is 2.56. The zero-order valence-electron chi connectivity index (χ0n) is 8.32. The van der Waals surface area contributed by atoms with E-state index in [0.29, 0.717) is 0 Å². The van der Waals surface area contributed by atoms with Crippen molar-refractivity contribution in [3.63, 3.8) is 0 Å². The molecule has 4 heteroatoms. The number of hydrogen-bond acceptors (Lipinski definition) is 4. The van der Waals surface area contributed by atoms with E-state index < -0.39 is 6.10 Å². The summed E-state index contributed by atoms with van der Waals surface area (Å²) >= 11 is 1.59. The first kappa shape index (κ1) is 10.5. The molecule has 1 N–H and O–H groups in total. The second kappa shape index (κ2) is 4.58. The van der Waals surface area contributed by atoms with Crippen molar-refractivity contribution in [2.75, 3.05) is 18.0 Å². The molecule has 1 aromatic heterocycles. The fourth-order valence-corrected chi connectivity index (χ4v) is 2.15. The minimum Gasteiger partial charge on any atom is -0.387 e. The van der Waals surface area contributed by atoms with E-state index in [4.69, 9.17) is 0 Å². The van der Waals surface area contributed by atoms with Crippen molar-refractivity contribution in [2.45, 2.75) is 26.9 Å². The minimum atomic E-state index is -0.458. The summed E-state index contributed by atoms with van der Waals surface area (Å²) < 4.78 is 0. The van der Waals surface area contributed by atoms with Crippen LogP contribution in [0.2, 0.25) is 0 Å². The summed E-state index contributed by atoms with van der Waals surface area (Å²) in [7, 11) is 0. The fraction of sp³-hybridized carbons (Fsp3) is 0.667. The van der Waals surface area contributed by atoms with Crippen LogP contribution >= 0.6 is 11.3 Å². The number of hydrogen-bond donors (Lipinski definition) is 1. The van der Waals surface area contributed by atoms with E-state index in [0.717, 1.165) is 23.9 Å².